The number of aromatic hydroxyl groups is 1. The molecule has 0 radical (unpaired) electrons. The Labute approximate surface area is 108 Å². The molecule has 0 amide bonds. The van der Waals surface area contributed by atoms with Crippen LogP contribution in [0.25, 0.3) is 0 Å². The van der Waals surface area contributed by atoms with Gasteiger partial charge in [-0.05, 0) is 49.5 Å². The van der Waals surface area contributed by atoms with Crippen LogP contribution in [0.15, 0.2) is 12.1 Å². The van der Waals surface area contributed by atoms with Gasteiger partial charge in [0, 0.05) is 5.02 Å². The minimum absolute atomic E-state index is 0.00802. The summed E-state index contributed by atoms with van der Waals surface area (Å²) in [6, 6.07) is 2.20. The molecule has 0 bridgehead atoms. The van der Waals surface area contributed by atoms with Gasteiger partial charge in [-0.15, -0.1) is 0 Å². The van der Waals surface area contributed by atoms with Crippen molar-refractivity contribution in [3.8, 4) is 5.75 Å². The summed E-state index contributed by atoms with van der Waals surface area (Å²) < 4.78 is 38.2. The van der Waals surface area contributed by atoms with Gasteiger partial charge >= 0.3 is 6.18 Å². The van der Waals surface area contributed by atoms with Crippen molar-refractivity contribution in [1.29, 1.82) is 0 Å². The average Bonchev–Trinajstić information content (AvgIpc) is 2.31. The molecule has 1 aromatic rings. The summed E-state index contributed by atoms with van der Waals surface area (Å²) in [5.74, 6) is -0.759. The van der Waals surface area contributed by atoms with Gasteiger partial charge in [-0.3, -0.25) is 0 Å². The maximum absolute atomic E-state index is 12.7. The Morgan fingerprint density at radius 1 is 1.22 bits per heavy atom. The second kappa shape index (κ2) is 4.97. The van der Waals surface area contributed by atoms with E-state index in [2.05, 4.69) is 5.32 Å². The molecule has 18 heavy (non-hydrogen) atoms. The number of phenols is 1. The number of benzene rings is 1. The number of nitrogens with one attached hydrogen (secondary N) is 1. The molecule has 1 fully saturated rings. The minimum Gasteiger partial charge on any atom is -0.507 e. The van der Waals surface area contributed by atoms with Gasteiger partial charge in [-0.25, -0.2) is 0 Å². The van der Waals surface area contributed by atoms with Gasteiger partial charge in [0.1, 0.15) is 5.75 Å². The van der Waals surface area contributed by atoms with E-state index >= 15 is 0 Å². The van der Waals surface area contributed by atoms with Gasteiger partial charge < -0.3 is 10.4 Å². The van der Waals surface area contributed by atoms with Crippen molar-refractivity contribution in [2.45, 2.75) is 24.9 Å². The van der Waals surface area contributed by atoms with Gasteiger partial charge in [-0.2, -0.15) is 13.2 Å². The van der Waals surface area contributed by atoms with Gasteiger partial charge in [0.25, 0.3) is 0 Å². The lowest BCUT2D eigenvalue weighted by Crippen LogP contribution is -2.26. The SMILES string of the molecule is Oc1c(C2CCNCC2)cc(Cl)cc1C(F)(F)F. The van der Waals surface area contributed by atoms with Crippen LogP contribution in [0.1, 0.15) is 29.9 Å². The van der Waals surface area contributed by atoms with Gasteiger partial charge in [0.15, 0.2) is 0 Å². The molecule has 1 heterocycles. The Kier molecular flexibility index (Phi) is 3.73. The van der Waals surface area contributed by atoms with Gasteiger partial charge in [0.05, 0.1) is 5.56 Å². The second-order valence-corrected chi connectivity index (χ2v) is 4.85. The number of alkyl halides is 3. The van der Waals surface area contributed by atoms with Crippen LogP contribution in [-0.4, -0.2) is 18.2 Å². The van der Waals surface area contributed by atoms with E-state index in [1.165, 1.54) is 6.07 Å². The molecular formula is C12H13ClF3NO. The maximum Gasteiger partial charge on any atom is 0.420 e. The predicted molar refractivity (Wildman–Crippen MR) is 63.0 cm³/mol. The number of hydrogen-bond donors (Lipinski definition) is 2. The van der Waals surface area contributed by atoms with Crippen molar-refractivity contribution in [2.75, 3.05) is 13.1 Å². The number of rotatable bonds is 1. The summed E-state index contributed by atoms with van der Waals surface area (Å²) in [5, 5.41) is 12.9. The van der Waals surface area contributed by atoms with Crippen molar-refractivity contribution in [3.63, 3.8) is 0 Å². The fourth-order valence-electron chi connectivity index (χ4n) is 2.28. The predicted octanol–water partition coefficient (Wildman–Crippen LogP) is 3.53. The summed E-state index contributed by atoms with van der Waals surface area (Å²) in [4.78, 5) is 0. The van der Waals surface area contributed by atoms with Crippen molar-refractivity contribution < 1.29 is 18.3 Å². The first-order chi connectivity index (χ1) is 8.39. The Hall–Kier alpha value is -0.940. The zero-order valence-corrected chi connectivity index (χ0v) is 10.3. The summed E-state index contributed by atoms with van der Waals surface area (Å²) in [5.41, 5.74) is -0.750. The molecule has 1 aliphatic heterocycles. The largest absolute Gasteiger partial charge is 0.507 e. The lowest BCUT2D eigenvalue weighted by molar-refractivity contribution is -0.138. The minimum atomic E-state index is -4.59. The monoisotopic (exact) mass is 279 g/mol. The maximum atomic E-state index is 12.7. The van der Waals surface area contributed by atoms with Crippen LogP contribution in [0.2, 0.25) is 5.02 Å². The van der Waals surface area contributed by atoms with E-state index in [-0.39, 0.29) is 10.9 Å². The molecule has 6 heteroatoms. The smallest absolute Gasteiger partial charge is 0.420 e. The van der Waals surface area contributed by atoms with E-state index in [1.807, 2.05) is 0 Å². The fraction of sp³-hybridized carbons (Fsp3) is 0.500. The van der Waals surface area contributed by atoms with Crippen LogP contribution in [0.3, 0.4) is 0 Å². The highest BCUT2D eigenvalue weighted by Crippen LogP contribution is 2.43. The van der Waals surface area contributed by atoms with E-state index in [9.17, 15) is 18.3 Å². The van der Waals surface area contributed by atoms with Crippen LogP contribution in [0.4, 0.5) is 13.2 Å². The molecule has 1 aliphatic rings. The zero-order valence-electron chi connectivity index (χ0n) is 9.52. The number of hydrogen-bond acceptors (Lipinski definition) is 2. The summed E-state index contributed by atoms with van der Waals surface area (Å²) in [6.07, 6.45) is -3.19. The van der Waals surface area contributed by atoms with Crippen molar-refractivity contribution in [1.82, 2.24) is 5.32 Å². The molecule has 1 aromatic carbocycles. The summed E-state index contributed by atoms with van der Waals surface area (Å²) in [7, 11) is 0. The molecule has 0 unspecified atom stereocenters. The molecule has 2 rings (SSSR count). The molecule has 100 valence electrons. The first kappa shape index (κ1) is 13.5. The highest BCUT2D eigenvalue weighted by Gasteiger charge is 2.36. The normalized spacial score (nSPS) is 18.0. The molecule has 0 spiro atoms. The third-order valence-corrected chi connectivity index (χ3v) is 3.41. The van der Waals surface area contributed by atoms with Crippen molar-refractivity contribution in [3.05, 3.63) is 28.3 Å². The topological polar surface area (TPSA) is 32.3 Å². The highest BCUT2D eigenvalue weighted by molar-refractivity contribution is 6.30. The van der Waals surface area contributed by atoms with E-state index in [1.54, 1.807) is 0 Å². The number of piperidine rings is 1. The second-order valence-electron chi connectivity index (χ2n) is 4.41. The molecule has 2 nitrogen and oxygen atoms in total. The lowest BCUT2D eigenvalue weighted by atomic mass is 9.88. The van der Waals surface area contributed by atoms with Crippen molar-refractivity contribution >= 4 is 11.6 Å². The first-order valence-electron chi connectivity index (χ1n) is 5.70. The highest BCUT2D eigenvalue weighted by atomic mass is 35.5. The lowest BCUT2D eigenvalue weighted by Gasteiger charge is -2.25. The standard InChI is InChI=1S/C12H13ClF3NO/c13-8-5-9(7-1-3-17-4-2-7)11(18)10(6-8)12(14,15)16/h5-7,17-18H,1-4H2. The van der Waals surface area contributed by atoms with Crippen molar-refractivity contribution in [2.24, 2.45) is 0 Å². The molecule has 1 saturated heterocycles. The Morgan fingerprint density at radius 2 is 1.83 bits per heavy atom. The molecule has 0 aliphatic carbocycles. The number of phenolic OH excluding ortho intramolecular Hbond substituents is 1. The van der Waals surface area contributed by atoms with Crippen LogP contribution < -0.4 is 5.32 Å². The van der Waals surface area contributed by atoms with Gasteiger partial charge in [-0.1, -0.05) is 11.6 Å². The van der Waals surface area contributed by atoms with Crippen LogP contribution in [0, 0.1) is 0 Å². The van der Waals surface area contributed by atoms with E-state index in [0.717, 1.165) is 19.2 Å². The Morgan fingerprint density at radius 3 is 2.39 bits per heavy atom. The summed E-state index contributed by atoms with van der Waals surface area (Å²) >= 11 is 5.72. The first-order valence-corrected chi connectivity index (χ1v) is 6.07. The van der Waals surface area contributed by atoms with E-state index in [4.69, 9.17) is 11.6 Å². The van der Waals surface area contributed by atoms with Crippen LogP contribution in [-0.2, 0) is 6.18 Å². The third kappa shape index (κ3) is 2.72. The Bertz CT molecular complexity index is 442. The quantitative estimate of drug-likeness (QED) is 0.824. The average molecular weight is 280 g/mol. The molecule has 0 aromatic heterocycles. The molecule has 2 N–H and O–H groups in total. The molecule has 0 saturated carbocycles. The Balaban J connectivity index is 2.44. The van der Waals surface area contributed by atoms with Crippen LogP contribution >= 0.6 is 11.6 Å². The zero-order chi connectivity index (χ0) is 13.3. The number of halogens is 4. The van der Waals surface area contributed by atoms with E-state index in [0.29, 0.717) is 18.4 Å². The summed E-state index contributed by atoms with van der Waals surface area (Å²) in [6.45, 7) is 1.47. The van der Waals surface area contributed by atoms with E-state index < -0.39 is 17.5 Å². The van der Waals surface area contributed by atoms with Gasteiger partial charge in [0.2, 0.25) is 0 Å². The molecular weight excluding hydrogens is 267 g/mol. The van der Waals surface area contributed by atoms with Crippen LogP contribution in [0.5, 0.6) is 5.75 Å². The fourth-order valence-corrected chi connectivity index (χ4v) is 2.51. The molecule has 0 atom stereocenters. The third-order valence-electron chi connectivity index (χ3n) is 3.19.